The molecule has 35 heavy (non-hydrogen) atoms. The van der Waals surface area contributed by atoms with Crippen molar-refractivity contribution >= 4 is 11.8 Å². The fourth-order valence-corrected chi connectivity index (χ4v) is 6.23. The summed E-state index contributed by atoms with van der Waals surface area (Å²) in [6.45, 7) is 9.33. The Bertz CT molecular complexity index is 1040. The van der Waals surface area contributed by atoms with Crippen LogP contribution in [0.15, 0.2) is 34.9 Å². The van der Waals surface area contributed by atoms with E-state index in [9.17, 15) is 9.59 Å². The van der Waals surface area contributed by atoms with Crippen molar-refractivity contribution in [2.45, 2.75) is 89.9 Å². The molecule has 2 fully saturated rings. The van der Waals surface area contributed by atoms with Crippen molar-refractivity contribution in [1.29, 1.82) is 0 Å². The fourth-order valence-electron chi connectivity index (χ4n) is 6.23. The van der Waals surface area contributed by atoms with Crippen LogP contribution in [0.4, 0.5) is 0 Å². The molecule has 1 N–H and O–H groups in total. The van der Waals surface area contributed by atoms with Gasteiger partial charge in [0, 0.05) is 25.2 Å². The summed E-state index contributed by atoms with van der Waals surface area (Å²) in [5.74, 6) is 1.32. The Hall–Kier alpha value is -2.54. The van der Waals surface area contributed by atoms with Crippen molar-refractivity contribution in [2.24, 2.45) is 5.92 Å². The zero-order valence-corrected chi connectivity index (χ0v) is 21.5. The molecule has 2 unspecified atom stereocenters. The number of hydrogen-bond acceptors (Lipinski definition) is 4. The number of hydrogen-bond donors (Lipinski definition) is 1. The van der Waals surface area contributed by atoms with Gasteiger partial charge in [0.1, 0.15) is 17.0 Å². The average molecular weight is 481 g/mol. The van der Waals surface area contributed by atoms with E-state index < -0.39 is 5.54 Å². The quantitative estimate of drug-likeness (QED) is 0.659. The Morgan fingerprint density at radius 3 is 2.54 bits per heavy atom. The fraction of sp³-hybridized carbons (Fsp3) is 0.643. The van der Waals surface area contributed by atoms with Crippen LogP contribution in [0.3, 0.4) is 0 Å². The Morgan fingerprint density at radius 1 is 1.06 bits per heavy atom. The van der Waals surface area contributed by atoms with E-state index in [2.05, 4.69) is 24.1 Å². The molecule has 3 aliphatic rings. The third kappa shape index (κ3) is 4.67. The number of nitrogens with one attached hydrogen (secondary N) is 1. The van der Waals surface area contributed by atoms with Gasteiger partial charge in [-0.25, -0.2) is 0 Å². The number of piperidine rings is 1. The summed E-state index contributed by atoms with van der Waals surface area (Å²) >= 11 is 0. The molecule has 2 aromatic rings. The summed E-state index contributed by atoms with van der Waals surface area (Å²) in [5, 5.41) is 3.34. The lowest BCUT2D eigenvalue weighted by Gasteiger charge is -2.46. The van der Waals surface area contributed by atoms with Gasteiger partial charge in [-0.05, 0) is 89.1 Å². The number of carbonyl (C=O) groups is 2. The standard InChI is InChI=1S/C28H40N4O3/c1-20-9-11-22(12-10-20)29-27(34)28(3)19-31-23(25-8-6-18-35-25)13-14-24(31)26(33)32(28)17-16-30-15-5-4-7-21(30)2/h6,8,13-14,18,20-22H,4-5,7,9-12,15-17,19H2,1-3H3,(H,29,34). The first-order valence-electron chi connectivity index (χ1n) is 13.5. The van der Waals surface area contributed by atoms with E-state index in [1.165, 1.54) is 19.3 Å². The molecule has 2 aromatic heterocycles. The lowest BCUT2D eigenvalue weighted by atomic mass is 9.86. The SMILES string of the molecule is CC1CCC(NC(=O)C2(C)Cn3c(ccc3-c3ccco3)C(=O)N2CCN2CCCCC2C)CC1. The van der Waals surface area contributed by atoms with Gasteiger partial charge in [0.15, 0.2) is 0 Å². The molecule has 1 aliphatic carbocycles. The number of likely N-dealkylation sites (tertiary alicyclic amines) is 1. The molecule has 1 saturated carbocycles. The largest absolute Gasteiger partial charge is 0.463 e. The molecule has 0 radical (unpaired) electrons. The third-order valence-electron chi connectivity index (χ3n) is 8.67. The van der Waals surface area contributed by atoms with Gasteiger partial charge < -0.3 is 19.2 Å². The topological polar surface area (TPSA) is 70.7 Å². The predicted octanol–water partition coefficient (Wildman–Crippen LogP) is 4.53. The first kappa shape index (κ1) is 24.2. The molecule has 0 bridgehead atoms. The van der Waals surface area contributed by atoms with E-state index in [0.29, 0.717) is 30.6 Å². The molecule has 0 spiro atoms. The minimum atomic E-state index is -0.966. The molecule has 2 atom stereocenters. The van der Waals surface area contributed by atoms with Crippen LogP contribution in [0.2, 0.25) is 0 Å². The van der Waals surface area contributed by atoms with E-state index in [4.69, 9.17) is 4.42 Å². The maximum Gasteiger partial charge on any atom is 0.271 e. The molecule has 7 nitrogen and oxygen atoms in total. The van der Waals surface area contributed by atoms with Crippen LogP contribution in [-0.4, -0.2) is 63.4 Å². The minimum absolute atomic E-state index is 0.0400. The van der Waals surface area contributed by atoms with Crippen LogP contribution in [0.25, 0.3) is 11.5 Å². The van der Waals surface area contributed by atoms with Crippen molar-refractivity contribution in [2.75, 3.05) is 19.6 Å². The van der Waals surface area contributed by atoms with Crippen molar-refractivity contribution in [1.82, 2.24) is 19.7 Å². The predicted molar refractivity (Wildman–Crippen MR) is 136 cm³/mol. The van der Waals surface area contributed by atoms with Gasteiger partial charge in [-0.3, -0.25) is 14.5 Å². The first-order valence-corrected chi connectivity index (χ1v) is 13.5. The maximum atomic E-state index is 13.9. The minimum Gasteiger partial charge on any atom is -0.463 e. The smallest absolute Gasteiger partial charge is 0.271 e. The highest BCUT2D eigenvalue weighted by Crippen LogP contribution is 2.34. The van der Waals surface area contributed by atoms with Crippen LogP contribution in [0.5, 0.6) is 0 Å². The Kier molecular flexibility index (Phi) is 6.80. The molecular weight excluding hydrogens is 440 g/mol. The summed E-state index contributed by atoms with van der Waals surface area (Å²) in [7, 11) is 0. The average Bonchev–Trinajstić information content (AvgIpc) is 3.51. The van der Waals surface area contributed by atoms with E-state index in [-0.39, 0.29) is 17.9 Å². The summed E-state index contributed by atoms with van der Waals surface area (Å²) in [6, 6.07) is 8.26. The molecule has 4 heterocycles. The second-order valence-corrected chi connectivity index (χ2v) is 11.2. The van der Waals surface area contributed by atoms with Crippen LogP contribution >= 0.6 is 0 Å². The van der Waals surface area contributed by atoms with Gasteiger partial charge in [-0.2, -0.15) is 0 Å². The van der Waals surface area contributed by atoms with Crippen LogP contribution in [0, 0.1) is 5.92 Å². The number of aromatic nitrogens is 1. The maximum absolute atomic E-state index is 13.9. The summed E-state index contributed by atoms with van der Waals surface area (Å²) in [5.41, 5.74) is 0.500. The van der Waals surface area contributed by atoms with Gasteiger partial charge >= 0.3 is 0 Å². The molecule has 2 aliphatic heterocycles. The van der Waals surface area contributed by atoms with Gasteiger partial charge in [0.25, 0.3) is 5.91 Å². The van der Waals surface area contributed by atoms with Crippen LogP contribution < -0.4 is 5.32 Å². The third-order valence-corrected chi connectivity index (χ3v) is 8.67. The lowest BCUT2D eigenvalue weighted by Crippen LogP contribution is -2.66. The van der Waals surface area contributed by atoms with Crippen molar-refractivity contribution in [3.05, 3.63) is 36.2 Å². The molecule has 0 aromatic carbocycles. The van der Waals surface area contributed by atoms with Crippen molar-refractivity contribution in [3.63, 3.8) is 0 Å². The number of amides is 2. The molecule has 190 valence electrons. The highest BCUT2D eigenvalue weighted by atomic mass is 16.3. The molecule has 1 saturated heterocycles. The van der Waals surface area contributed by atoms with E-state index in [1.54, 1.807) is 6.26 Å². The van der Waals surface area contributed by atoms with Gasteiger partial charge in [0.2, 0.25) is 5.91 Å². The number of nitrogens with zero attached hydrogens (tertiary/aromatic N) is 3. The van der Waals surface area contributed by atoms with Crippen molar-refractivity contribution < 1.29 is 14.0 Å². The first-order chi connectivity index (χ1) is 16.9. The second-order valence-electron chi connectivity index (χ2n) is 11.2. The highest BCUT2D eigenvalue weighted by molar-refractivity contribution is 6.00. The molecular formula is C28H40N4O3. The van der Waals surface area contributed by atoms with Gasteiger partial charge in [-0.15, -0.1) is 0 Å². The van der Waals surface area contributed by atoms with Crippen LogP contribution in [-0.2, 0) is 11.3 Å². The van der Waals surface area contributed by atoms with E-state index >= 15 is 0 Å². The zero-order chi connectivity index (χ0) is 24.6. The summed E-state index contributed by atoms with van der Waals surface area (Å²) in [4.78, 5) is 32.1. The summed E-state index contributed by atoms with van der Waals surface area (Å²) in [6.07, 6.45) is 9.60. The normalized spacial score (nSPS) is 29.7. The highest BCUT2D eigenvalue weighted by Gasteiger charge is 2.48. The summed E-state index contributed by atoms with van der Waals surface area (Å²) < 4.78 is 7.63. The number of rotatable bonds is 6. The molecule has 5 rings (SSSR count). The zero-order valence-electron chi connectivity index (χ0n) is 21.5. The Balaban J connectivity index is 1.43. The molecule has 2 amide bonds. The van der Waals surface area contributed by atoms with Crippen molar-refractivity contribution in [3.8, 4) is 11.5 Å². The number of fused-ring (bicyclic) bond motifs is 1. The van der Waals surface area contributed by atoms with Gasteiger partial charge in [0.05, 0.1) is 18.5 Å². The van der Waals surface area contributed by atoms with E-state index in [1.807, 2.05) is 40.7 Å². The van der Waals surface area contributed by atoms with Gasteiger partial charge in [-0.1, -0.05) is 13.3 Å². The monoisotopic (exact) mass is 480 g/mol. The van der Waals surface area contributed by atoms with E-state index in [0.717, 1.165) is 50.4 Å². The lowest BCUT2D eigenvalue weighted by molar-refractivity contribution is -0.134. The number of furan rings is 1. The second kappa shape index (κ2) is 9.84. The Labute approximate surface area is 208 Å². The Morgan fingerprint density at radius 2 is 1.83 bits per heavy atom. The van der Waals surface area contributed by atoms with Crippen LogP contribution in [0.1, 0.15) is 76.2 Å². The number of carbonyl (C=O) groups excluding carboxylic acids is 2. The molecule has 7 heteroatoms.